The van der Waals surface area contributed by atoms with Crippen molar-refractivity contribution in [3.05, 3.63) is 69.1 Å². The van der Waals surface area contributed by atoms with Crippen LogP contribution in [0, 0.1) is 17.0 Å². The van der Waals surface area contributed by atoms with Crippen molar-refractivity contribution in [2.75, 3.05) is 0 Å². The lowest BCUT2D eigenvalue weighted by Gasteiger charge is -2.25. The zero-order chi connectivity index (χ0) is 23.0. The van der Waals surface area contributed by atoms with Crippen LogP contribution in [0.4, 0.5) is 5.69 Å². The van der Waals surface area contributed by atoms with Crippen LogP contribution in [-0.2, 0) is 17.4 Å². The number of ether oxygens (including phenoxy) is 1. The summed E-state index contributed by atoms with van der Waals surface area (Å²) >= 11 is 0. The minimum absolute atomic E-state index is 0.0354. The SMILES string of the molecule is Cc1ccc(OCc2nnc(-c3cc(C(C)(C)C)cc(C(C)(C)C)c3)o2)c([N+](=O)[O-])c1. The average molecular weight is 424 g/mol. The molecule has 3 rings (SSSR count). The third-order valence-electron chi connectivity index (χ3n) is 5.04. The second-order valence-corrected chi connectivity index (χ2v) is 9.82. The second-order valence-electron chi connectivity index (χ2n) is 9.82. The van der Waals surface area contributed by atoms with Crippen LogP contribution in [0.5, 0.6) is 5.75 Å². The molecule has 0 amide bonds. The van der Waals surface area contributed by atoms with Gasteiger partial charge in [-0.1, -0.05) is 53.7 Å². The van der Waals surface area contributed by atoms with E-state index >= 15 is 0 Å². The standard InChI is InChI=1S/C24H29N3O4/c1-15-8-9-20(19(10-15)27(28)29)30-14-21-25-26-22(31-21)16-11-17(23(2,3)4)13-18(12-16)24(5,6)7/h8-13H,14H2,1-7H3. The van der Waals surface area contributed by atoms with Gasteiger partial charge in [0.05, 0.1) is 4.92 Å². The van der Waals surface area contributed by atoms with Crippen molar-refractivity contribution < 1.29 is 14.1 Å². The van der Waals surface area contributed by atoms with Gasteiger partial charge in [-0.05, 0) is 52.6 Å². The maximum atomic E-state index is 11.3. The number of benzene rings is 2. The Kier molecular flexibility index (Phi) is 5.89. The number of aryl methyl sites for hydroxylation is 1. The van der Waals surface area contributed by atoms with Crippen LogP contribution in [0.2, 0.25) is 0 Å². The fourth-order valence-corrected chi connectivity index (χ4v) is 3.08. The molecule has 7 heteroatoms. The first-order chi connectivity index (χ1) is 14.3. The van der Waals surface area contributed by atoms with Crippen LogP contribution >= 0.6 is 0 Å². The van der Waals surface area contributed by atoms with Gasteiger partial charge in [-0.3, -0.25) is 10.1 Å². The number of hydrogen-bond donors (Lipinski definition) is 0. The van der Waals surface area contributed by atoms with Crippen molar-refractivity contribution >= 4 is 5.69 Å². The normalized spacial score (nSPS) is 12.1. The van der Waals surface area contributed by atoms with E-state index in [2.05, 4.69) is 69.9 Å². The van der Waals surface area contributed by atoms with Crippen molar-refractivity contribution in [2.24, 2.45) is 0 Å². The van der Waals surface area contributed by atoms with E-state index < -0.39 is 4.92 Å². The molecule has 0 aliphatic heterocycles. The summed E-state index contributed by atoms with van der Waals surface area (Å²) in [6, 6.07) is 11.2. The molecule has 0 aliphatic carbocycles. The Balaban J connectivity index is 1.88. The fourth-order valence-electron chi connectivity index (χ4n) is 3.08. The van der Waals surface area contributed by atoms with Crippen molar-refractivity contribution in [3.8, 4) is 17.2 Å². The molecule has 164 valence electrons. The quantitative estimate of drug-likeness (QED) is 0.362. The molecule has 0 aliphatic rings. The summed E-state index contributed by atoms with van der Waals surface area (Å²) < 4.78 is 11.4. The summed E-state index contributed by atoms with van der Waals surface area (Å²) in [5, 5.41) is 19.5. The molecule has 0 bridgehead atoms. The Morgan fingerprint density at radius 1 is 0.968 bits per heavy atom. The Hall–Kier alpha value is -3.22. The van der Waals surface area contributed by atoms with Crippen molar-refractivity contribution in [3.63, 3.8) is 0 Å². The highest BCUT2D eigenvalue weighted by Gasteiger charge is 2.23. The molecule has 31 heavy (non-hydrogen) atoms. The van der Waals surface area contributed by atoms with Crippen LogP contribution < -0.4 is 4.74 Å². The molecule has 0 saturated heterocycles. The van der Waals surface area contributed by atoms with E-state index in [0.717, 1.165) is 11.1 Å². The summed E-state index contributed by atoms with van der Waals surface area (Å²) in [5.74, 6) is 0.817. The molecule has 0 radical (unpaired) electrons. The van der Waals surface area contributed by atoms with Gasteiger partial charge in [-0.25, -0.2) is 0 Å². The first-order valence-corrected chi connectivity index (χ1v) is 10.2. The number of nitro benzene ring substituents is 1. The predicted octanol–water partition coefficient (Wildman–Crippen LogP) is 6.13. The van der Waals surface area contributed by atoms with Crippen LogP contribution in [0.3, 0.4) is 0 Å². The Morgan fingerprint density at radius 2 is 1.58 bits per heavy atom. The summed E-state index contributed by atoms with van der Waals surface area (Å²) in [5.41, 5.74) is 3.83. The summed E-state index contributed by atoms with van der Waals surface area (Å²) in [6.45, 7) is 14.7. The van der Waals surface area contributed by atoms with E-state index in [4.69, 9.17) is 9.15 Å². The van der Waals surface area contributed by atoms with E-state index in [9.17, 15) is 10.1 Å². The zero-order valence-corrected chi connectivity index (χ0v) is 19.1. The topological polar surface area (TPSA) is 91.3 Å². The second kappa shape index (κ2) is 8.13. The smallest absolute Gasteiger partial charge is 0.311 e. The molecule has 0 saturated carbocycles. The molecular formula is C24H29N3O4. The van der Waals surface area contributed by atoms with Gasteiger partial charge in [0.1, 0.15) is 0 Å². The highest BCUT2D eigenvalue weighted by Crippen LogP contribution is 2.34. The van der Waals surface area contributed by atoms with Crippen molar-refractivity contribution in [1.29, 1.82) is 0 Å². The molecule has 1 heterocycles. The third kappa shape index (κ3) is 5.29. The van der Waals surface area contributed by atoms with E-state index in [1.165, 1.54) is 17.2 Å². The molecule has 0 unspecified atom stereocenters. The van der Waals surface area contributed by atoms with E-state index in [-0.39, 0.29) is 34.8 Å². The lowest BCUT2D eigenvalue weighted by Crippen LogP contribution is -2.16. The fraction of sp³-hybridized carbons (Fsp3) is 0.417. The Bertz CT molecular complexity index is 1070. The Labute approximate surface area is 182 Å². The summed E-state index contributed by atoms with van der Waals surface area (Å²) in [7, 11) is 0. The van der Waals surface area contributed by atoms with Gasteiger partial charge in [0.2, 0.25) is 5.89 Å². The maximum absolute atomic E-state index is 11.3. The van der Waals surface area contributed by atoms with Gasteiger partial charge in [0, 0.05) is 11.6 Å². The number of nitro groups is 1. The minimum atomic E-state index is -0.465. The largest absolute Gasteiger partial charge is 0.477 e. The average Bonchev–Trinajstić information content (AvgIpc) is 3.14. The van der Waals surface area contributed by atoms with Crippen molar-refractivity contribution in [2.45, 2.75) is 65.9 Å². The molecule has 2 aromatic carbocycles. The lowest BCUT2D eigenvalue weighted by atomic mass is 9.79. The molecule has 1 aromatic heterocycles. The Morgan fingerprint density at radius 3 is 2.13 bits per heavy atom. The molecule has 0 N–H and O–H groups in total. The van der Waals surface area contributed by atoms with E-state index in [1.54, 1.807) is 19.1 Å². The molecule has 0 atom stereocenters. The van der Waals surface area contributed by atoms with E-state index in [1.807, 2.05) is 0 Å². The molecular weight excluding hydrogens is 394 g/mol. The first kappa shape index (κ1) is 22.5. The number of hydrogen-bond acceptors (Lipinski definition) is 6. The minimum Gasteiger partial charge on any atom is -0.477 e. The number of aromatic nitrogens is 2. The monoisotopic (exact) mass is 423 g/mol. The zero-order valence-electron chi connectivity index (χ0n) is 19.1. The van der Waals surface area contributed by atoms with Gasteiger partial charge >= 0.3 is 5.69 Å². The molecule has 0 spiro atoms. The highest BCUT2D eigenvalue weighted by atomic mass is 16.6. The number of rotatable bonds is 5. The van der Waals surface area contributed by atoms with Gasteiger partial charge < -0.3 is 9.15 Å². The van der Waals surface area contributed by atoms with Crippen LogP contribution in [0.1, 0.15) is 64.1 Å². The predicted molar refractivity (Wildman–Crippen MR) is 119 cm³/mol. The van der Waals surface area contributed by atoms with Gasteiger partial charge in [0.15, 0.2) is 12.4 Å². The third-order valence-corrected chi connectivity index (χ3v) is 5.04. The lowest BCUT2D eigenvalue weighted by molar-refractivity contribution is -0.386. The van der Waals surface area contributed by atoms with E-state index in [0.29, 0.717) is 5.89 Å². The highest BCUT2D eigenvalue weighted by molar-refractivity contribution is 5.58. The molecule has 0 fully saturated rings. The van der Waals surface area contributed by atoms with Gasteiger partial charge in [-0.15, -0.1) is 10.2 Å². The summed E-state index contributed by atoms with van der Waals surface area (Å²) in [4.78, 5) is 10.8. The maximum Gasteiger partial charge on any atom is 0.311 e. The van der Waals surface area contributed by atoms with Crippen LogP contribution in [-0.4, -0.2) is 15.1 Å². The van der Waals surface area contributed by atoms with Crippen LogP contribution in [0.25, 0.3) is 11.5 Å². The molecule has 3 aromatic rings. The van der Waals surface area contributed by atoms with Gasteiger partial charge in [-0.2, -0.15) is 0 Å². The first-order valence-electron chi connectivity index (χ1n) is 10.2. The van der Waals surface area contributed by atoms with Crippen molar-refractivity contribution in [1.82, 2.24) is 10.2 Å². The molecule has 7 nitrogen and oxygen atoms in total. The van der Waals surface area contributed by atoms with Gasteiger partial charge in [0.25, 0.3) is 5.89 Å². The summed E-state index contributed by atoms with van der Waals surface area (Å²) in [6.07, 6.45) is 0. The number of nitrogens with zero attached hydrogens (tertiary/aromatic N) is 3. The van der Waals surface area contributed by atoms with Crippen LogP contribution in [0.15, 0.2) is 40.8 Å².